The van der Waals surface area contributed by atoms with Crippen LogP contribution in [0.25, 0.3) is 0 Å². The number of Topliss-reactive ketones (excluding diaryl/α,β-unsaturated/α-hetero) is 1. The van der Waals surface area contributed by atoms with Gasteiger partial charge in [-0.1, -0.05) is 6.92 Å². The number of hydrogen-bond acceptors (Lipinski definition) is 3. The molecular weight excluding hydrogens is 178 g/mol. The van der Waals surface area contributed by atoms with Crippen molar-refractivity contribution < 1.29 is 9.90 Å². The smallest absolute Gasteiger partial charge is 0.130 e. The van der Waals surface area contributed by atoms with E-state index in [2.05, 4.69) is 11.8 Å². The fraction of sp³-hybridized carbons (Fsp3) is 0.909. The van der Waals surface area contributed by atoms with Crippen LogP contribution in [0.3, 0.4) is 0 Å². The fourth-order valence-electron chi connectivity index (χ4n) is 2.41. The maximum absolute atomic E-state index is 11.0. The molecule has 0 saturated carbocycles. The molecule has 1 aliphatic rings. The number of rotatable bonds is 4. The van der Waals surface area contributed by atoms with E-state index in [0.29, 0.717) is 13.0 Å². The summed E-state index contributed by atoms with van der Waals surface area (Å²) in [5.74, 6) is 0.260. The third-order valence-corrected chi connectivity index (χ3v) is 2.50. The molecule has 1 heterocycles. The largest absolute Gasteiger partial charge is 0.389 e. The molecule has 0 aliphatic carbocycles. The average molecular weight is 199 g/mol. The normalized spacial score (nSPS) is 21.8. The summed E-state index contributed by atoms with van der Waals surface area (Å²) in [5, 5.41) is 9.60. The van der Waals surface area contributed by atoms with E-state index in [1.165, 1.54) is 0 Å². The van der Waals surface area contributed by atoms with E-state index < -0.39 is 5.60 Å². The van der Waals surface area contributed by atoms with Gasteiger partial charge >= 0.3 is 0 Å². The van der Waals surface area contributed by atoms with Crippen molar-refractivity contribution in [3.8, 4) is 0 Å². The van der Waals surface area contributed by atoms with Crippen LogP contribution in [0.1, 0.15) is 34.1 Å². The second kappa shape index (κ2) is 3.63. The molecule has 0 spiro atoms. The zero-order valence-corrected chi connectivity index (χ0v) is 9.63. The molecule has 3 heteroatoms. The Bertz CT molecular complexity index is 224. The molecule has 0 amide bonds. The lowest BCUT2D eigenvalue weighted by Gasteiger charge is -2.49. The molecule has 0 aromatic carbocycles. The van der Waals surface area contributed by atoms with Gasteiger partial charge in [-0.25, -0.2) is 0 Å². The minimum absolute atomic E-state index is 0.150. The predicted octanol–water partition coefficient (Wildman–Crippen LogP) is 1.06. The Morgan fingerprint density at radius 1 is 1.50 bits per heavy atom. The van der Waals surface area contributed by atoms with Crippen LogP contribution in [-0.2, 0) is 4.79 Å². The number of hydrogen-bond donors (Lipinski definition) is 1. The Hall–Kier alpha value is -0.410. The number of β-amino-alcohol motifs (C(OH)–C–C–N with tert-alkyl or cyclic N) is 1. The SMILES string of the molecule is CC(=O)CC1(C)CN(CC(C)(C)O)C1. The van der Waals surface area contributed by atoms with Crippen molar-refractivity contribution in [2.24, 2.45) is 5.41 Å². The molecular formula is C11H21NO2. The van der Waals surface area contributed by atoms with E-state index in [9.17, 15) is 9.90 Å². The number of likely N-dealkylation sites (tertiary alicyclic amines) is 1. The molecule has 82 valence electrons. The van der Waals surface area contributed by atoms with Crippen LogP contribution in [0.15, 0.2) is 0 Å². The highest BCUT2D eigenvalue weighted by Gasteiger charge is 2.40. The van der Waals surface area contributed by atoms with E-state index >= 15 is 0 Å². The van der Waals surface area contributed by atoms with Crippen LogP contribution in [0.2, 0.25) is 0 Å². The van der Waals surface area contributed by atoms with Gasteiger partial charge in [-0.05, 0) is 26.2 Å². The van der Waals surface area contributed by atoms with Gasteiger partial charge in [-0.15, -0.1) is 0 Å². The van der Waals surface area contributed by atoms with Crippen molar-refractivity contribution >= 4 is 5.78 Å². The van der Waals surface area contributed by atoms with Crippen LogP contribution < -0.4 is 0 Å². The first-order chi connectivity index (χ1) is 6.20. The van der Waals surface area contributed by atoms with Gasteiger partial charge in [0.05, 0.1) is 5.60 Å². The van der Waals surface area contributed by atoms with Gasteiger partial charge in [0.25, 0.3) is 0 Å². The monoisotopic (exact) mass is 199 g/mol. The summed E-state index contributed by atoms with van der Waals surface area (Å²) >= 11 is 0. The second-order valence-corrected chi connectivity index (χ2v) is 5.65. The van der Waals surface area contributed by atoms with E-state index in [4.69, 9.17) is 0 Å². The number of nitrogens with zero attached hydrogens (tertiary/aromatic N) is 1. The Kier molecular flexibility index (Phi) is 3.02. The molecule has 0 radical (unpaired) electrons. The third-order valence-electron chi connectivity index (χ3n) is 2.50. The van der Waals surface area contributed by atoms with Crippen molar-refractivity contribution in [2.75, 3.05) is 19.6 Å². The van der Waals surface area contributed by atoms with Crippen LogP contribution in [0, 0.1) is 5.41 Å². The Morgan fingerprint density at radius 2 is 2.00 bits per heavy atom. The number of carbonyl (C=O) groups is 1. The topological polar surface area (TPSA) is 40.5 Å². The molecule has 3 nitrogen and oxygen atoms in total. The lowest BCUT2D eigenvalue weighted by molar-refractivity contribution is -0.123. The minimum Gasteiger partial charge on any atom is -0.389 e. The van der Waals surface area contributed by atoms with Crippen LogP contribution in [0.4, 0.5) is 0 Å². The minimum atomic E-state index is -0.627. The zero-order chi connectivity index (χ0) is 11.0. The highest BCUT2D eigenvalue weighted by Crippen LogP contribution is 2.34. The average Bonchev–Trinajstić information content (AvgIpc) is 1.76. The van der Waals surface area contributed by atoms with Crippen LogP contribution in [-0.4, -0.2) is 41.0 Å². The first-order valence-electron chi connectivity index (χ1n) is 5.14. The van der Waals surface area contributed by atoms with Crippen molar-refractivity contribution in [2.45, 2.75) is 39.7 Å². The van der Waals surface area contributed by atoms with E-state index in [1.54, 1.807) is 6.92 Å². The van der Waals surface area contributed by atoms with Crippen molar-refractivity contribution in [1.29, 1.82) is 0 Å². The van der Waals surface area contributed by atoms with E-state index in [0.717, 1.165) is 13.1 Å². The maximum Gasteiger partial charge on any atom is 0.130 e. The quantitative estimate of drug-likeness (QED) is 0.736. The summed E-state index contributed by atoms with van der Waals surface area (Å²) in [4.78, 5) is 13.2. The lowest BCUT2D eigenvalue weighted by atomic mass is 9.77. The Labute approximate surface area is 86.1 Å². The molecule has 0 aromatic heterocycles. The summed E-state index contributed by atoms with van der Waals surface area (Å²) in [6.07, 6.45) is 0.662. The Balaban J connectivity index is 2.32. The van der Waals surface area contributed by atoms with E-state index in [1.807, 2.05) is 13.8 Å². The first-order valence-corrected chi connectivity index (χ1v) is 5.14. The Morgan fingerprint density at radius 3 is 2.36 bits per heavy atom. The summed E-state index contributed by atoms with van der Waals surface area (Å²) < 4.78 is 0. The van der Waals surface area contributed by atoms with Crippen molar-refractivity contribution in [3.05, 3.63) is 0 Å². The molecule has 1 aliphatic heterocycles. The number of aliphatic hydroxyl groups is 1. The van der Waals surface area contributed by atoms with Gasteiger partial charge in [-0.2, -0.15) is 0 Å². The second-order valence-electron chi connectivity index (χ2n) is 5.65. The van der Waals surface area contributed by atoms with Crippen LogP contribution >= 0.6 is 0 Å². The van der Waals surface area contributed by atoms with Gasteiger partial charge in [-0.3, -0.25) is 4.90 Å². The van der Waals surface area contributed by atoms with Crippen LogP contribution in [0.5, 0.6) is 0 Å². The molecule has 14 heavy (non-hydrogen) atoms. The highest BCUT2D eigenvalue weighted by molar-refractivity contribution is 5.76. The first kappa shape index (κ1) is 11.7. The van der Waals surface area contributed by atoms with Gasteiger partial charge in [0, 0.05) is 26.1 Å². The third kappa shape index (κ3) is 3.39. The van der Waals surface area contributed by atoms with Gasteiger partial charge in [0.1, 0.15) is 5.78 Å². The number of carbonyl (C=O) groups excluding carboxylic acids is 1. The van der Waals surface area contributed by atoms with Crippen molar-refractivity contribution in [3.63, 3.8) is 0 Å². The number of ketones is 1. The highest BCUT2D eigenvalue weighted by atomic mass is 16.3. The fourth-order valence-corrected chi connectivity index (χ4v) is 2.41. The molecule has 1 saturated heterocycles. The van der Waals surface area contributed by atoms with Gasteiger partial charge in [0.15, 0.2) is 0 Å². The molecule has 1 fully saturated rings. The molecule has 0 bridgehead atoms. The lowest BCUT2D eigenvalue weighted by Crippen LogP contribution is -2.58. The standard InChI is InChI=1S/C11H21NO2/c1-9(13)5-11(4)7-12(8-11)6-10(2,3)14/h14H,5-8H2,1-4H3. The molecule has 0 atom stereocenters. The summed E-state index contributed by atoms with van der Waals surface area (Å²) in [6, 6.07) is 0. The predicted molar refractivity (Wildman–Crippen MR) is 56.1 cm³/mol. The zero-order valence-electron chi connectivity index (χ0n) is 9.63. The molecule has 0 unspecified atom stereocenters. The summed E-state index contributed by atoms with van der Waals surface area (Å²) in [7, 11) is 0. The van der Waals surface area contributed by atoms with Gasteiger partial charge < -0.3 is 9.90 Å². The van der Waals surface area contributed by atoms with E-state index in [-0.39, 0.29) is 11.2 Å². The van der Waals surface area contributed by atoms with Gasteiger partial charge in [0.2, 0.25) is 0 Å². The summed E-state index contributed by atoms with van der Waals surface area (Å²) in [5.41, 5.74) is -0.478. The van der Waals surface area contributed by atoms with Crippen molar-refractivity contribution in [1.82, 2.24) is 4.90 Å². The molecule has 0 aromatic rings. The maximum atomic E-state index is 11.0. The summed E-state index contributed by atoms with van der Waals surface area (Å²) in [6.45, 7) is 9.95. The molecule has 1 N–H and O–H groups in total. The molecule has 1 rings (SSSR count).